The Morgan fingerprint density at radius 3 is 2.29 bits per heavy atom. The average molecular weight is 274 g/mol. The minimum Gasteiger partial charge on any atom is -0.207 e. The number of rotatable bonds is 5. The van der Waals surface area contributed by atoms with Crippen LogP contribution in [0.1, 0.15) is 13.8 Å². The highest BCUT2D eigenvalue weighted by Gasteiger charge is 2.22. The molecule has 0 amide bonds. The standard InChI is InChI=1S/C12H16ClNO2S/c1-4-14(9-10(2)3)17(15,16)12-7-5-11(13)6-8-12/h5-8H,2,4,9H2,1,3H3. The lowest BCUT2D eigenvalue weighted by atomic mass is 10.3. The maximum Gasteiger partial charge on any atom is 0.243 e. The van der Waals surface area contributed by atoms with Gasteiger partial charge in [-0.2, -0.15) is 4.31 Å². The second-order valence-corrected chi connectivity index (χ2v) is 6.22. The van der Waals surface area contributed by atoms with Crippen molar-refractivity contribution < 1.29 is 8.42 Å². The van der Waals surface area contributed by atoms with Crippen molar-refractivity contribution in [3.8, 4) is 0 Å². The summed E-state index contributed by atoms with van der Waals surface area (Å²) in [5, 5.41) is 0.520. The molecule has 0 saturated heterocycles. The van der Waals surface area contributed by atoms with Gasteiger partial charge in [0.1, 0.15) is 0 Å². The lowest BCUT2D eigenvalue weighted by Gasteiger charge is -2.20. The lowest BCUT2D eigenvalue weighted by molar-refractivity contribution is 0.453. The van der Waals surface area contributed by atoms with E-state index >= 15 is 0 Å². The first-order chi connectivity index (χ1) is 7.87. The van der Waals surface area contributed by atoms with Crippen LogP contribution in [-0.4, -0.2) is 25.8 Å². The minimum atomic E-state index is -3.45. The first-order valence-electron chi connectivity index (χ1n) is 5.28. The summed E-state index contributed by atoms with van der Waals surface area (Å²) >= 11 is 5.74. The van der Waals surface area contributed by atoms with Gasteiger partial charge in [-0.1, -0.05) is 30.7 Å². The van der Waals surface area contributed by atoms with E-state index in [9.17, 15) is 8.42 Å². The Morgan fingerprint density at radius 2 is 1.88 bits per heavy atom. The summed E-state index contributed by atoms with van der Waals surface area (Å²) in [5.74, 6) is 0. The number of likely N-dealkylation sites (N-methyl/N-ethyl adjacent to an activating group) is 1. The van der Waals surface area contributed by atoms with Crippen molar-refractivity contribution in [1.82, 2.24) is 4.31 Å². The highest BCUT2D eigenvalue weighted by atomic mass is 35.5. The van der Waals surface area contributed by atoms with Gasteiger partial charge in [-0.05, 0) is 31.2 Å². The fourth-order valence-corrected chi connectivity index (χ4v) is 3.06. The Hall–Kier alpha value is -0.840. The predicted molar refractivity (Wildman–Crippen MR) is 70.7 cm³/mol. The molecular formula is C12H16ClNO2S. The summed E-state index contributed by atoms with van der Waals surface area (Å²) in [6.07, 6.45) is 0. The molecule has 0 aliphatic rings. The molecular weight excluding hydrogens is 258 g/mol. The molecule has 17 heavy (non-hydrogen) atoms. The lowest BCUT2D eigenvalue weighted by Crippen LogP contribution is -2.32. The van der Waals surface area contributed by atoms with E-state index in [1.54, 1.807) is 26.0 Å². The molecule has 0 unspecified atom stereocenters. The van der Waals surface area contributed by atoms with Crippen LogP contribution in [0.5, 0.6) is 0 Å². The molecule has 0 aliphatic carbocycles. The van der Waals surface area contributed by atoms with Crippen LogP contribution in [0.15, 0.2) is 41.3 Å². The zero-order chi connectivity index (χ0) is 13.1. The summed E-state index contributed by atoms with van der Waals surface area (Å²) in [4.78, 5) is 0.255. The van der Waals surface area contributed by atoms with Crippen LogP contribution in [0.25, 0.3) is 0 Å². The second-order valence-electron chi connectivity index (χ2n) is 3.84. The van der Waals surface area contributed by atoms with Crippen molar-refractivity contribution in [3.05, 3.63) is 41.4 Å². The SMILES string of the molecule is C=C(C)CN(CC)S(=O)(=O)c1ccc(Cl)cc1. The Labute approximate surface area is 108 Å². The summed E-state index contributed by atoms with van der Waals surface area (Å²) in [7, 11) is -3.45. The van der Waals surface area contributed by atoms with Crippen molar-refractivity contribution in [1.29, 1.82) is 0 Å². The van der Waals surface area contributed by atoms with Crippen LogP contribution in [-0.2, 0) is 10.0 Å². The van der Waals surface area contributed by atoms with Gasteiger partial charge in [0.15, 0.2) is 0 Å². The Balaban J connectivity index is 3.08. The Bertz CT molecular complexity index is 494. The van der Waals surface area contributed by atoms with Crippen molar-refractivity contribution in [2.45, 2.75) is 18.7 Å². The first kappa shape index (κ1) is 14.2. The van der Waals surface area contributed by atoms with Gasteiger partial charge in [0.25, 0.3) is 0 Å². The molecule has 1 aromatic carbocycles. The third-order valence-corrected chi connectivity index (χ3v) is 4.44. The topological polar surface area (TPSA) is 37.4 Å². The smallest absolute Gasteiger partial charge is 0.207 e. The summed E-state index contributed by atoms with van der Waals surface area (Å²) in [5.41, 5.74) is 0.810. The van der Waals surface area contributed by atoms with Gasteiger partial charge in [-0.3, -0.25) is 0 Å². The fraction of sp³-hybridized carbons (Fsp3) is 0.333. The van der Waals surface area contributed by atoms with Crippen molar-refractivity contribution in [3.63, 3.8) is 0 Å². The zero-order valence-electron chi connectivity index (χ0n) is 9.98. The molecule has 0 radical (unpaired) electrons. The number of benzene rings is 1. The van der Waals surface area contributed by atoms with E-state index in [-0.39, 0.29) is 4.90 Å². The first-order valence-corrected chi connectivity index (χ1v) is 7.10. The number of hydrogen-bond acceptors (Lipinski definition) is 2. The van der Waals surface area contributed by atoms with Crippen LogP contribution in [0, 0.1) is 0 Å². The number of sulfonamides is 1. The highest BCUT2D eigenvalue weighted by Crippen LogP contribution is 2.18. The number of halogens is 1. The highest BCUT2D eigenvalue weighted by molar-refractivity contribution is 7.89. The fourth-order valence-electron chi connectivity index (χ4n) is 1.42. The molecule has 94 valence electrons. The molecule has 0 aromatic heterocycles. The monoisotopic (exact) mass is 273 g/mol. The predicted octanol–water partition coefficient (Wildman–Crippen LogP) is 2.93. The molecule has 0 spiro atoms. The maximum absolute atomic E-state index is 12.3. The Morgan fingerprint density at radius 1 is 1.35 bits per heavy atom. The molecule has 1 aromatic rings. The van der Waals surface area contributed by atoms with Gasteiger partial charge in [0.05, 0.1) is 4.90 Å². The average Bonchev–Trinajstić information content (AvgIpc) is 2.26. The number of hydrogen-bond donors (Lipinski definition) is 0. The number of nitrogens with zero attached hydrogens (tertiary/aromatic N) is 1. The van der Waals surface area contributed by atoms with E-state index in [1.165, 1.54) is 16.4 Å². The molecule has 5 heteroatoms. The molecule has 0 saturated carbocycles. The van der Waals surface area contributed by atoms with Crippen LogP contribution in [0.2, 0.25) is 5.02 Å². The molecule has 0 N–H and O–H groups in total. The van der Waals surface area contributed by atoms with Crippen molar-refractivity contribution in [2.24, 2.45) is 0 Å². The normalized spacial score (nSPS) is 11.8. The van der Waals surface area contributed by atoms with Crippen molar-refractivity contribution in [2.75, 3.05) is 13.1 Å². The van der Waals surface area contributed by atoms with Gasteiger partial charge >= 0.3 is 0 Å². The second kappa shape index (κ2) is 5.67. The minimum absolute atomic E-state index is 0.255. The van der Waals surface area contributed by atoms with Crippen LogP contribution >= 0.6 is 11.6 Å². The van der Waals surface area contributed by atoms with E-state index in [1.807, 2.05) is 0 Å². The third-order valence-electron chi connectivity index (χ3n) is 2.25. The van der Waals surface area contributed by atoms with Crippen molar-refractivity contribution >= 4 is 21.6 Å². The van der Waals surface area contributed by atoms with Gasteiger partial charge in [-0.25, -0.2) is 8.42 Å². The van der Waals surface area contributed by atoms with E-state index in [0.717, 1.165) is 5.57 Å². The largest absolute Gasteiger partial charge is 0.243 e. The van der Waals surface area contributed by atoms with E-state index in [4.69, 9.17) is 11.6 Å². The molecule has 0 heterocycles. The summed E-state index contributed by atoms with van der Waals surface area (Å²) in [6.45, 7) is 8.09. The maximum atomic E-state index is 12.3. The zero-order valence-corrected chi connectivity index (χ0v) is 11.6. The van der Waals surface area contributed by atoms with Gasteiger partial charge in [0, 0.05) is 18.1 Å². The molecule has 3 nitrogen and oxygen atoms in total. The molecule has 0 bridgehead atoms. The van der Waals surface area contributed by atoms with Gasteiger partial charge < -0.3 is 0 Å². The third kappa shape index (κ3) is 3.56. The van der Waals surface area contributed by atoms with Gasteiger partial charge in [-0.15, -0.1) is 0 Å². The van der Waals surface area contributed by atoms with Gasteiger partial charge in [0.2, 0.25) is 10.0 Å². The van der Waals surface area contributed by atoms with Crippen LogP contribution in [0.3, 0.4) is 0 Å². The summed E-state index contributed by atoms with van der Waals surface area (Å²) < 4.78 is 25.9. The van der Waals surface area contributed by atoms with Crippen LogP contribution < -0.4 is 0 Å². The van der Waals surface area contributed by atoms with E-state index in [0.29, 0.717) is 18.1 Å². The quantitative estimate of drug-likeness (QED) is 0.774. The molecule has 1 rings (SSSR count). The summed E-state index contributed by atoms with van der Waals surface area (Å²) in [6, 6.07) is 6.17. The molecule has 0 aliphatic heterocycles. The van der Waals surface area contributed by atoms with E-state index < -0.39 is 10.0 Å². The van der Waals surface area contributed by atoms with Crippen LogP contribution in [0.4, 0.5) is 0 Å². The Kier molecular flexibility index (Phi) is 4.74. The molecule has 0 fully saturated rings. The van der Waals surface area contributed by atoms with E-state index in [2.05, 4.69) is 6.58 Å². The molecule has 0 atom stereocenters.